The smallest absolute Gasteiger partial charge is 0.330 e. The summed E-state index contributed by atoms with van der Waals surface area (Å²) in [7, 11) is -3.70. The minimum absolute atomic E-state index is 0.0604. The van der Waals surface area contributed by atoms with E-state index in [-0.39, 0.29) is 25.7 Å². The molecule has 10 nitrogen and oxygen atoms in total. The molecular formula is C11H17ClN5O5PS. The summed E-state index contributed by atoms with van der Waals surface area (Å²) in [5, 5.41) is 13.5. The maximum absolute atomic E-state index is 12.9. The van der Waals surface area contributed by atoms with E-state index in [1.165, 1.54) is 16.0 Å². The average Bonchev–Trinajstić information content (AvgIpc) is 3.07. The second-order valence-electron chi connectivity index (χ2n) is 4.57. The molecular weight excluding hydrogens is 381 g/mol. The van der Waals surface area contributed by atoms with E-state index in [4.69, 9.17) is 20.6 Å². The van der Waals surface area contributed by atoms with E-state index in [9.17, 15) is 14.7 Å². The van der Waals surface area contributed by atoms with Crippen LogP contribution in [0, 0.1) is 10.1 Å². The van der Waals surface area contributed by atoms with Crippen molar-refractivity contribution < 1.29 is 18.6 Å². The zero-order chi connectivity index (χ0) is 17.7. The highest BCUT2D eigenvalue weighted by molar-refractivity contribution is 7.52. The van der Waals surface area contributed by atoms with Gasteiger partial charge in [-0.25, -0.2) is 24.3 Å². The molecule has 1 aliphatic rings. The second kappa shape index (κ2) is 8.21. The lowest BCUT2D eigenvalue weighted by atomic mass is 10.5. The van der Waals surface area contributed by atoms with Gasteiger partial charge in [0.05, 0.1) is 19.8 Å². The van der Waals surface area contributed by atoms with Crippen molar-refractivity contribution in [3.63, 3.8) is 0 Å². The molecule has 0 aromatic carbocycles. The highest BCUT2D eigenvalue weighted by atomic mass is 35.5. The van der Waals surface area contributed by atoms with E-state index in [2.05, 4.69) is 10.1 Å². The van der Waals surface area contributed by atoms with Crippen LogP contribution in [0.15, 0.2) is 11.3 Å². The average molecular weight is 398 g/mol. The molecule has 1 aromatic rings. The fraction of sp³-hybridized carbons (Fsp3) is 0.636. The molecule has 134 valence electrons. The molecule has 1 saturated heterocycles. The van der Waals surface area contributed by atoms with Gasteiger partial charge in [0.2, 0.25) is 0 Å². The number of aromatic nitrogens is 1. The van der Waals surface area contributed by atoms with Crippen molar-refractivity contribution in [3.8, 4) is 0 Å². The van der Waals surface area contributed by atoms with Gasteiger partial charge >= 0.3 is 7.75 Å². The Bertz CT molecular complexity index is 661. The Morgan fingerprint density at radius 3 is 2.62 bits per heavy atom. The van der Waals surface area contributed by atoms with Crippen LogP contribution < -0.4 is 0 Å². The molecule has 2 heterocycles. The van der Waals surface area contributed by atoms with Crippen molar-refractivity contribution in [2.45, 2.75) is 20.4 Å². The third-order valence-electron chi connectivity index (χ3n) is 3.02. The Balaban J connectivity index is 2.29. The summed E-state index contributed by atoms with van der Waals surface area (Å²) in [5.74, 6) is -0.0604. The van der Waals surface area contributed by atoms with Gasteiger partial charge < -0.3 is 4.90 Å². The first kappa shape index (κ1) is 19.1. The Kier molecular flexibility index (Phi) is 6.53. The SMILES string of the molecule is CCOP(=O)(OCC)N1CCN(Cc2cnc(Cl)s2)C1=N[N+](=O)[O-]. The van der Waals surface area contributed by atoms with Crippen molar-refractivity contribution in [2.24, 2.45) is 5.10 Å². The quantitative estimate of drug-likeness (QED) is 0.374. The molecule has 0 bridgehead atoms. The minimum Gasteiger partial charge on any atom is -0.330 e. The van der Waals surface area contributed by atoms with Gasteiger partial charge in [0, 0.05) is 24.2 Å². The molecule has 24 heavy (non-hydrogen) atoms. The van der Waals surface area contributed by atoms with Gasteiger partial charge in [-0.05, 0) is 13.8 Å². The van der Waals surface area contributed by atoms with Gasteiger partial charge in [-0.2, -0.15) is 0 Å². The van der Waals surface area contributed by atoms with Crippen LogP contribution in [0.4, 0.5) is 0 Å². The molecule has 0 atom stereocenters. The van der Waals surface area contributed by atoms with Crippen LogP contribution in [0.1, 0.15) is 18.7 Å². The molecule has 0 unspecified atom stereocenters. The second-order valence-corrected chi connectivity index (χ2v) is 8.20. The number of hydrazone groups is 1. The fourth-order valence-corrected chi connectivity index (χ4v) is 4.92. The summed E-state index contributed by atoms with van der Waals surface area (Å²) in [6, 6.07) is 0. The molecule has 2 rings (SSSR count). The third-order valence-corrected chi connectivity index (χ3v) is 6.26. The van der Waals surface area contributed by atoms with Crippen LogP contribution in [0.25, 0.3) is 0 Å². The first-order chi connectivity index (χ1) is 11.4. The molecule has 0 radical (unpaired) electrons. The third kappa shape index (κ3) is 4.42. The Hall–Kier alpha value is -1.26. The predicted molar refractivity (Wildman–Crippen MR) is 89.5 cm³/mol. The van der Waals surface area contributed by atoms with Crippen LogP contribution in [-0.2, 0) is 20.2 Å². The minimum atomic E-state index is -3.70. The summed E-state index contributed by atoms with van der Waals surface area (Å²) in [4.78, 5) is 17.3. The highest BCUT2D eigenvalue weighted by Gasteiger charge is 2.44. The number of halogens is 1. The first-order valence-corrected chi connectivity index (χ1v) is 9.84. The maximum atomic E-state index is 12.9. The summed E-state index contributed by atoms with van der Waals surface area (Å²) in [6.45, 7) is 4.55. The number of nitro groups is 1. The molecule has 0 amide bonds. The zero-order valence-corrected chi connectivity index (χ0v) is 15.6. The highest BCUT2D eigenvalue weighted by Crippen LogP contribution is 2.53. The van der Waals surface area contributed by atoms with Crippen molar-refractivity contribution in [1.82, 2.24) is 14.6 Å². The monoisotopic (exact) mass is 397 g/mol. The largest absolute Gasteiger partial charge is 0.437 e. The number of rotatable bonds is 8. The van der Waals surface area contributed by atoms with Gasteiger partial charge in [-0.3, -0.25) is 9.05 Å². The number of hydrogen-bond acceptors (Lipinski definition) is 7. The number of hydrogen-bond donors (Lipinski definition) is 0. The summed E-state index contributed by atoms with van der Waals surface area (Å²) >= 11 is 7.07. The summed E-state index contributed by atoms with van der Waals surface area (Å²) in [6.07, 6.45) is 1.59. The number of guanidine groups is 1. The van der Waals surface area contributed by atoms with Crippen LogP contribution in [0.5, 0.6) is 0 Å². The van der Waals surface area contributed by atoms with E-state index in [1.807, 2.05) is 0 Å². The van der Waals surface area contributed by atoms with Crippen molar-refractivity contribution in [2.75, 3.05) is 26.3 Å². The zero-order valence-electron chi connectivity index (χ0n) is 13.1. The van der Waals surface area contributed by atoms with Gasteiger partial charge in [0.15, 0.2) is 9.50 Å². The number of thiazole rings is 1. The van der Waals surface area contributed by atoms with Crippen molar-refractivity contribution in [1.29, 1.82) is 0 Å². The lowest BCUT2D eigenvalue weighted by Crippen LogP contribution is -2.33. The van der Waals surface area contributed by atoms with E-state index < -0.39 is 12.8 Å². The fourth-order valence-electron chi connectivity index (χ4n) is 2.20. The maximum Gasteiger partial charge on any atom is 0.437 e. The van der Waals surface area contributed by atoms with Crippen LogP contribution >= 0.6 is 30.7 Å². The van der Waals surface area contributed by atoms with E-state index in [0.717, 1.165) is 4.88 Å². The molecule has 0 N–H and O–H groups in total. The van der Waals surface area contributed by atoms with E-state index in [0.29, 0.717) is 17.6 Å². The predicted octanol–water partition coefficient (Wildman–Crippen LogP) is 2.64. The standard InChI is InChI=1S/C11H17ClN5O5PS/c1-3-21-23(20,22-4-2)16-6-5-15(11(16)14-17(18)19)8-9-7-13-10(12)24-9/h7H,3-6,8H2,1-2H3. The Morgan fingerprint density at radius 2 is 2.12 bits per heavy atom. The lowest BCUT2D eigenvalue weighted by Gasteiger charge is -2.26. The molecule has 1 aliphatic heterocycles. The van der Waals surface area contributed by atoms with E-state index in [1.54, 1.807) is 24.9 Å². The van der Waals surface area contributed by atoms with Gasteiger partial charge in [0.1, 0.15) is 5.10 Å². The molecule has 0 spiro atoms. The van der Waals surface area contributed by atoms with Crippen molar-refractivity contribution >= 4 is 36.6 Å². The number of nitrogens with zero attached hydrogens (tertiary/aromatic N) is 5. The van der Waals surface area contributed by atoms with E-state index >= 15 is 0 Å². The van der Waals surface area contributed by atoms with Gasteiger partial charge in [-0.15, -0.1) is 11.3 Å². The first-order valence-electron chi connectivity index (χ1n) is 7.15. The Labute approximate surface area is 147 Å². The normalized spacial score (nSPS) is 17.0. The molecule has 1 fully saturated rings. The lowest BCUT2D eigenvalue weighted by molar-refractivity contribution is -0.486. The van der Waals surface area contributed by atoms with Gasteiger partial charge in [0.25, 0.3) is 5.96 Å². The molecule has 1 aromatic heterocycles. The van der Waals surface area contributed by atoms with Crippen LogP contribution in [0.2, 0.25) is 4.47 Å². The summed E-state index contributed by atoms with van der Waals surface area (Å²) < 4.78 is 25.1. The topological polar surface area (TPSA) is 110 Å². The van der Waals surface area contributed by atoms with Gasteiger partial charge in [-0.1, -0.05) is 11.6 Å². The van der Waals surface area contributed by atoms with Crippen molar-refractivity contribution in [3.05, 3.63) is 25.7 Å². The van der Waals surface area contributed by atoms with Crippen LogP contribution in [-0.4, -0.2) is 51.8 Å². The molecule has 0 saturated carbocycles. The summed E-state index contributed by atoms with van der Waals surface area (Å²) in [5.41, 5.74) is 0. The van der Waals surface area contributed by atoms with Crippen LogP contribution in [0.3, 0.4) is 0 Å². The Morgan fingerprint density at radius 1 is 1.46 bits per heavy atom. The molecule has 13 heteroatoms. The molecule has 0 aliphatic carbocycles.